The molecule has 2 aromatic rings. The van der Waals surface area contributed by atoms with Gasteiger partial charge in [-0.1, -0.05) is 12.0 Å². The van der Waals surface area contributed by atoms with Crippen LogP contribution in [0, 0.1) is 18.2 Å². The van der Waals surface area contributed by atoms with Gasteiger partial charge in [-0.15, -0.1) is 6.42 Å². The number of aromatic carboxylic acids is 2. The number of benzene rings is 2. The molecule has 0 aliphatic heterocycles. The maximum absolute atomic E-state index is 12.9. The highest BCUT2D eigenvalue weighted by Gasteiger charge is 2.06. The van der Waals surface area contributed by atoms with Crippen molar-refractivity contribution in [1.29, 1.82) is 0 Å². The Morgan fingerprint density at radius 2 is 1.65 bits per heavy atom. The second-order valence-electron chi connectivity index (χ2n) is 4.28. The van der Waals surface area contributed by atoms with E-state index in [0.717, 1.165) is 6.07 Å². The van der Waals surface area contributed by atoms with Gasteiger partial charge < -0.3 is 15.5 Å². The molecule has 0 aromatic heterocycles. The molecule has 6 heteroatoms. The lowest BCUT2D eigenvalue weighted by Gasteiger charge is -2.00. The molecule has 0 atom stereocenters. The number of carboxylic acids is 2. The Balaban J connectivity index is 0.000000231. The standard InChI is InChI=1S/C9H8FN.C8H6O4/c1-3-7-4-5-9(11-2)8(10)6-7;9-7(10)5-2-1-3-6(4-5)8(11)12/h1,4-6,11H,2H3;1-4H,(H,9,10)(H,11,12). The summed E-state index contributed by atoms with van der Waals surface area (Å²) < 4.78 is 12.9. The van der Waals surface area contributed by atoms with Crippen LogP contribution in [0.15, 0.2) is 42.5 Å². The Morgan fingerprint density at radius 1 is 1.09 bits per heavy atom. The molecule has 2 aromatic carbocycles. The Labute approximate surface area is 132 Å². The van der Waals surface area contributed by atoms with Crippen molar-refractivity contribution in [3.05, 3.63) is 65.0 Å². The van der Waals surface area contributed by atoms with Crippen molar-refractivity contribution in [2.45, 2.75) is 0 Å². The fraction of sp³-hybridized carbons (Fsp3) is 0.0588. The molecular formula is C17H14FNO4. The van der Waals surface area contributed by atoms with Crippen LogP contribution in [0.25, 0.3) is 0 Å². The molecular weight excluding hydrogens is 301 g/mol. The van der Waals surface area contributed by atoms with Crippen LogP contribution in [0.5, 0.6) is 0 Å². The molecule has 3 N–H and O–H groups in total. The molecule has 0 saturated heterocycles. The number of carboxylic acid groups (broad SMARTS) is 2. The van der Waals surface area contributed by atoms with Gasteiger partial charge in [0.25, 0.3) is 0 Å². The number of hydrogen-bond donors (Lipinski definition) is 3. The van der Waals surface area contributed by atoms with Gasteiger partial charge in [-0.05, 0) is 36.4 Å². The monoisotopic (exact) mass is 315 g/mol. The van der Waals surface area contributed by atoms with Crippen molar-refractivity contribution in [2.24, 2.45) is 0 Å². The van der Waals surface area contributed by atoms with Gasteiger partial charge in [-0.25, -0.2) is 14.0 Å². The summed E-state index contributed by atoms with van der Waals surface area (Å²) >= 11 is 0. The minimum absolute atomic E-state index is 0.0186. The van der Waals surface area contributed by atoms with E-state index in [1.54, 1.807) is 19.2 Å². The molecule has 2 rings (SSSR count). The Morgan fingerprint density at radius 3 is 2.04 bits per heavy atom. The average molecular weight is 315 g/mol. The molecule has 0 amide bonds. The van der Waals surface area contributed by atoms with E-state index in [1.807, 2.05) is 0 Å². The van der Waals surface area contributed by atoms with Crippen LogP contribution in [-0.4, -0.2) is 29.2 Å². The van der Waals surface area contributed by atoms with E-state index >= 15 is 0 Å². The van der Waals surface area contributed by atoms with Gasteiger partial charge in [-0.2, -0.15) is 0 Å². The summed E-state index contributed by atoms with van der Waals surface area (Å²) in [5.74, 6) is -0.219. The van der Waals surface area contributed by atoms with Crippen molar-refractivity contribution >= 4 is 17.6 Å². The lowest BCUT2D eigenvalue weighted by Crippen LogP contribution is -2.01. The number of nitrogens with one attached hydrogen (secondary N) is 1. The van der Waals surface area contributed by atoms with Gasteiger partial charge in [0.2, 0.25) is 0 Å². The third-order valence-corrected chi connectivity index (χ3v) is 2.76. The lowest BCUT2D eigenvalue weighted by molar-refractivity contribution is 0.0696. The molecule has 118 valence electrons. The van der Waals surface area contributed by atoms with Gasteiger partial charge in [0, 0.05) is 12.6 Å². The van der Waals surface area contributed by atoms with Crippen LogP contribution < -0.4 is 5.32 Å². The Bertz CT molecular complexity index is 736. The number of halogens is 1. The quantitative estimate of drug-likeness (QED) is 0.758. The predicted molar refractivity (Wildman–Crippen MR) is 84.2 cm³/mol. The minimum atomic E-state index is -1.13. The number of rotatable bonds is 3. The third-order valence-electron chi connectivity index (χ3n) is 2.76. The van der Waals surface area contributed by atoms with Crippen molar-refractivity contribution in [3.8, 4) is 12.3 Å². The highest BCUT2D eigenvalue weighted by Crippen LogP contribution is 2.13. The zero-order valence-electron chi connectivity index (χ0n) is 12.2. The van der Waals surface area contributed by atoms with E-state index in [-0.39, 0.29) is 16.9 Å². The molecule has 0 unspecified atom stereocenters. The Kier molecular flexibility index (Phi) is 6.31. The first-order valence-electron chi connectivity index (χ1n) is 6.39. The lowest BCUT2D eigenvalue weighted by atomic mass is 10.1. The first kappa shape index (κ1) is 17.7. The molecule has 0 spiro atoms. The van der Waals surface area contributed by atoms with Crippen LogP contribution in [0.2, 0.25) is 0 Å². The maximum Gasteiger partial charge on any atom is 0.335 e. The summed E-state index contributed by atoms with van der Waals surface area (Å²) in [4.78, 5) is 20.8. The highest BCUT2D eigenvalue weighted by atomic mass is 19.1. The number of carbonyl (C=O) groups is 2. The highest BCUT2D eigenvalue weighted by molar-refractivity contribution is 5.93. The minimum Gasteiger partial charge on any atom is -0.478 e. The van der Waals surface area contributed by atoms with Gasteiger partial charge in [0.1, 0.15) is 5.82 Å². The van der Waals surface area contributed by atoms with Crippen LogP contribution in [-0.2, 0) is 0 Å². The molecule has 5 nitrogen and oxygen atoms in total. The number of hydrogen-bond acceptors (Lipinski definition) is 3. The summed E-state index contributed by atoms with van der Waals surface area (Å²) in [6.45, 7) is 0. The van der Waals surface area contributed by atoms with Gasteiger partial charge in [0.15, 0.2) is 0 Å². The van der Waals surface area contributed by atoms with E-state index in [9.17, 15) is 14.0 Å². The number of terminal acetylenes is 1. The summed E-state index contributed by atoms with van der Waals surface area (Å²) in [7, 11) is 1.66. The average Bonchev–Trinajstić information content (AvgIpc) is 2.55. The number of anilines is 1. The largest absolute Gasteiger partial charge is 0.478 e. The van der Waals surface area contributed by atoms with Gasteiger partial charge in [0.05, 0.1) is 16.8 Å². The van der Waals surface area contributed by atoms with E-state index in [2.05, 4.69) is 11.2 Å². The predicted octanol–water partition coefficient (Wildman–Crippen LogP) is 2.93. The van der Waals surface area contributed by atoms with Gasteiger partial charge in [-0.3, -0.25) is 0 Å². The van der Waals surface area contributed by atoms with Crippen LogP contribution in [0.3, 0.4) is 0 Å². The van der Waals surface area contributed by atoms with Crippen LogP contribution in [0.4, 0.5) is 10.1 Å². The van der Waals surface area contributed by atoms with Crippen molar-refractivity contribution in [1.82, 2.24) is 0 Å². The zero-order valence-corrected chi connectivity index (χ0v) is 12.2. The van der Waals surface area contributed by atoms with Crippen molar-refractivity contribution in [3.63, 3.8) is 0 Å². The molecule has 0 aliphatic carbocycles. The third kappa shape index (κ3) is 5.17. The molecule has 0 bridgehead atoms. The fourth-order valence-corrected chi connectivity index (χ4v) is 1.59. The molecule has 23 heavy (non-hydrogen) atoms. The first-order valence-corrected chi connectivity index (χ1v) is 6.39. The normalized spacial score (nSPS) is 9.09. The summed E-state index contributed by atoms with van der Waals surface area (Å²) in [5, 5.41) is 19.7. The second-order valence-corrected chi connectivity index (χ2v) is 4.28. The Hall–Kier alpha value is -3.33. The van der Waals surface area contributed by atoms with E-state index in [1.165, 1.54) is 24.3 Å². The van der Waals surface area contributed by atoms with Crippen molar-refractivity contribution in [2.75, 3.05) is 12.4 Å². The fourth-order valence-electron chi connectivity index (χ4n) is 1.59. The summed E-state index contributed by atoms with van der Waals surface area (Å²) in [6, 6.07) is 9.83. The SMILES string of the molecule is C#Cc1ccc(NC)c(F)c1.O=C(O)c1cccc(C(=O)O)c1. The van der Waals surface area contributed by atoms with Crippen LogP contribution in [0.1, 0.15) is 26.3 Å². The summed E-state index contributed by atoms with van der Waals surface area (Å²) in [6.07, 6.45) is 5.07. The molecule has 0 heterocycles. The van der Waals surface area contributed by atoms with Crippen molar-refractivity contribution < 1.29 is 24.2 Å². The topological polar surface area (TPSA) is 86.6 Å². The summed E-state index contributed by atoms with van der Waals surface area (Å²) in [5.41, 5.74) is 0.982. The first-order chi connectivity index (χ1) is 10.9. The molecule has 0 radical (unpaired) electrons. The van der Waals surface area contributed by atoms with Gasteiger partial charge >= 0.3 is 11.9 Å². The molecule has 0 aliphatic rings. The van der Waals surface area contributed by atoms with E-state index in [0.29, 0.717) is 11.3 Å². The van der Waals surface area contributed by atoms with Crippen LogP contribution >= 0.6 is 0 Å². The molecule has 0 fully saturated rings. The zero-order chi connectivity index (χ0) is 17.4. The maximum atomic E-state index is 12.9. The second kappa shape index (κ2) is 8.20. The van der Waals surface area contributed by atoms with E-state index < -0.39 is 11.9 Å². The van der Waals surface area contributed by atoms with E-state index in [4.69, 9.17) is 16.6 Å². The smallest absolute Gasteiger partial charge is 0.335 e. The molecule has 0 saturated carbocycles.